The molecule has 158 valence electrons. The van der Waals surface area contributed by atoms with E-state index in [0.29, 0.717) is 0 Å². The minimum Gasteiger partial charge on any atom is -0.458 e. The molecule has 27 heavy (non-hydrogen) atoms. The Kier molecular flexibility index (Phi) is 9.18. The number of rotatable bonds is 6. The molecule has 0 unspecified atom stereocenters. The van der Waals surface area contributed by atoms with Gasteiger partial charge in [0.25, 0.3) is 5.17 Å². The minimum absolute atomic E-state index is 0.00142. The molecule has 7 nitrogen and oxygen atoms in total. The van der Waals surface area contributed by atoms with Gasteiger partial charge in [0.15, 0.2) is 6.10 Å². The molecule has 0 aromatic heterocycles. The van der Waals surface area contributed by atoms with E-state index in [1.165, 1.54) is 0 Å². The van der Waals surface area contributed by atoms with Crippen molar-refractivity contribution >= 4 is 29.3 Å². The van der Waals surface area contributed by atoms with Gasteiger partial charge in [-0.1, -0.05) is 0 Å². The van der Waals surface area contributed by atoms with Gasteiger partial charge in [0, 0.05) is 12.1 Å². The molecule has 0 heterocycles. The Morgan fingerprint density at radius 1 is 0.852 bits per heavy atom. The van der Waals surface area contributed by atoms with Gasteiger partial charge in [-0.15, -0.1) is 0 Å². The Bertz CT molecular complexity index is 525. The Hall–Kier alpha value is -1.41. The molecule has 0 aliphatic heterocycles. The number of carbonyl (C=O) groups excluding carboxylic acids is 2. The highest BCUT2D eigenvalue weighted by molar-refractivity contribution is 7.80. The van der Waals surface area contributed by atoms with Gasteiger partial charge < -0.3 is 24.2 Å². The van der Waals surface area contributed by atoms with Crippen LogP contribution in [0.2, 0.25) is 0 Å². The Morgan fingerprint density at radius 2 is 1.22 bits per heavy atom. The van der Waals surface area contributed by atoms with Crippen LogP contribution in [0.5, 0.6) is 0 Å². The molecule has 2 atom stereocenters. The number of aliphatic hydroxyl groups is 1. The van der Waals surface area contributed by atoms with Crippen molar-refractivity contribution in [1.29, 1.82) is 0 Å². The molecule has 8 heteroatoms. The van der Waals surface area contributed by atoms with Crippen LogP contribution in [0.4, 0.5) is 0 Å². The standard InChI is InChI=1S/C19H35NO6S/c1-11(2)20(12(3)4)17(27)24-14(16(23)26-19(8,9)10)13(21)15(22)25-18(5,6)7/h11-14,21H,1-10H3/t13-,14-/m1/s1. The maximum Gasteiger partial charge on any atom is 0.351 e. The predicted octanol–water partition coefficient (Wildman–Crippen LogP) is 2.82. The average molecular weight is 406 g/mol. The van der Waals surface area contributed by atoms with Crippen LogP contribution < -0.4 is 0 Å². The van der Waals surface area contributed by atoms with Gasteiger partial charge in [-0.25, -0.2) is 9.59 Å². The normalized spacial score (nSPS) is 14.6. The highest BCUT2D eigenvalue weighted by Gasteiger charge is 2.41. The lowest BCUT2D eigenvalue weighted by molar-refractivity contribution is -0.184. The second-order valence-electron chi connectivity index (χ2n) is 8.91. The van der Waals surface area contributed by atoms with Crippen molar-refractivity contribution in [2.24, 2.45) is 0 Å². The third kappa shape index (κ3) is 9.37. The molecule has 0 aliphatic rings. The number of ether oxygens (including phenoxy) is 3. The van der Waals surface area contributed by atoms with E-state index in [-0.39, 0.29) is 17.3 Å². The van der Waals surface area contributed by atoms with Crippen molar-refractivity contribution in [2.45, 2.75) is 105 Å². The fourth-order valence-electron chi connectivity index (χ4n) is 2.27. The fourth-order valence-corrected chi connectivity index (χ4v) is 2.80. The smallest absolute Gasteiger partial charge is 0.351 e. The van der Waals surface area contributed by atoms with Crippen LogP contribution >= 0.6 is 12.2 Å². The molecular formula is C19H35NO6S. The van der Waals surface area contributed by atoms with Crippen LogP contribution in [0.25, 0.3) is 0 Å². The Labute approximate surface area is 168 Å². The molecule has 0 saturated carbocycles. The summed E-state index contributed by atoms with van der Waals surface area (Å²) in [6, 6.07) is -0.00841. The summed E-state index contributed by atoms with van der Waals surface area (Å²) in [6.45, 7) is 17.7. The molecule has 0 aromatic rings. The summed E-state index contributed by atoms with van der Waals surface area (Å²) in [7, 11) is 0. The summed E-state index contributed by atoms with van der Waals surface area (Å²) in [5.74, 6) is -1.88. The molecular weight excluding hydrogens is 370 g/mol. The maximum absolute atomic E-state index is 12.6. The van der Waals surface area contributed by atoms with Gasteiger partial charge in [0.1, 0.15) is 11.2 Å². The zero-order valence-electron chi connectivity index (χ0n) is 18.2. The van der Waals surface area contributed by atoms with E-state index in [2.05, 4.69) is 0 Å². The summed E-state index contributed by atoms with van der Waals surface area (Å²) in [6.07, 6.45) is -3.51. The monoisotopic (exact) mass is 405 g/mol. The van der Waals surface area contributed by atoms with E-state index in [9.17, 15) is 14.7 Å². The third-order valence-corrected chi connectivity index (χ3v) is 3.43. The lowest BCUT2D eigenvalue weighted by Crippen LogP contribution is -2.51. The molecule has 0 radical (unpaired) electrons. The van der Waals surface area contributed by atoms with Crippen molar-refractivity contribution in [3.63, 3.8) is 0 Å². The minimum atomic E-state index is -1.88. The van der Waals surface area contributed by atoms with Crippen LogP contribution in [-0.4, -0.2) is 62.6 Å². The van der Waals surface area contributed by atoms with Crippen molar-refractivity contribution in [3.8, 4) is 0 Å². The molecule has 0 rings (SSSR count). The topological polar surface area (TPSA) is 85.3 Å². The molecule has 0 bridgehead atoms. The van der Waals surface area contributed by atoms with E-state index in [1.54, 1.807) is 46.4 Å². The van der Waals surface area contributed by atoms with Crippen LogP contribution in [0, 0.1) is 0 Å². The van der Waals surface area contributed by atoms with E-state index < -0.39 is 35.3 Å². The summed E-state index contributed by atoms with van der Waals surface area (Å²) >= 11 is 5.31. The van der Waals surface area contributed by atoms with Gasteiger partial charge >= 0.3 is 11.9 Å². The first-order valence-corrected chi connectivity index (χ1v) is 9.50. The first kappa shape index (κ1) is 25.6. The van der Waals surface area contributed by atoms with E-state index in [0.717, 1.165) is 0 Å². The summed E-state index contributed by atoms with van der Waals surface area (Å²) in [5, 5.41) is 10.4. The van der Waals surface area contributed by atoms with Gasteiger partial charge in [0.2, 0.25) is 6.10 Å². The second kappa shape index (κ2) is 9.68. The van der Waals surface area contributed by atoms with Gasteiger partial charge in [-0.3, -0.25) is 0 Å². The first-order chi connectivity index (χ1) is 12.0. The van der Waals surface area contributed by atoms with Gasteiger partial charge in [-0.05, 0) is 81.5 Å². The lowest BCUT2D eigenvalue weighted by Gasteiger charge is -2.35. The number of hydrogen-bond donors (Lipinski definition) is 1. The van der Waals surface area contributed by atoms with E-state index in [1.807, 2.05) is 27.7 Å². The number of hydrogen-bond acceptors (Lipinski definition) is 7. The van der Waals surface area contributed by atoms with Crippen molar-refractivity contribution in [3.05, 3.63) is 0 Å². The lowest BCUT2D eigenvalue weighted by atomic mass is 10.1. The predicted molar refractivity (Wildman–Crippen MR) is 107 cm³/mol. The largest absolute Gasteiger partial charge is 0.458 e. The number of aliphatic hydroxyl groups excluding tert-OH is 1. The Balaban J connectivity index is 5.62. The van der Waals surface area contributed by atoms with Crippen LogP contribution in [0.3, 0.4) is 0 Å². The maximum atomic E-state index is 12.6. The highest BCUT2D eigenvalue weighted by atomic mass is 32.1. The molecule has 0 aliphatic carbocycles. The highest BCUT2D eigenvalue weighted by Crippen LogP contribution is 2.18. The molecule has 0 amide bonds. The number of esters is 2. The average Bonchev–Trinajstić information content (AvgIpc) is 2.39. The van der Waals surface area contributed by atoms with Crippen molar-refractivity contribution in [1.82, 2.24) is 4.90 Å². The zero-order valence-corrected chi connectivity index (χ0v) is 19.0. The van der Waals surface area contributed by atoms with Crippen LogP contribution in [0.15, 0.2) is 0 Å². The third-order valence-electron chi connectivity index (χ3n) is 3.13. The quantitative estimate of drug-likeness (QED) is 0.533. The molecule has 0 aromatic carbocycles. The molecule has 1 N–H and O–H groups in total. The molecule has 0 saturated heterocycles. The number of thiocarbonyl (C=S) groups is 1. The van der Waals surface area contributed by atoms with Crippen LogP contribution in [0.1, 0.15) is 69.2 Å². The first-order valence-electron chi connectivity index (χ1n) is 9.09. The van der Waals surface area contributed by atoms with Gasteiger partial charge in [-0.2, -0.15) is 0 Å². The summed E-state index contributed by atoms with van der Waals surface area (Å²) in [4.78, 5) is 26.6. The Morgan fingerprint density at radius 3 is 1.56 bits per heavy atom. The summed E-state index contributed by atoms with van der Waals surface area (Å²) < 4.78 is 16.0. The zero-order chi connectivity index (χ0) is 21.7. The number of carbonyl (C=O) groups is 2. The second-order valence-corrected chi connectivity index (χ2v) is 9.26. The van der Waals surface area contributed by atoms with E-state index >= 15 is 0 Å². The van der Waals surface area contributed by atoms with E-state index in [4.69, 9.17) is 26.4 Å². The summed E-state index contributed by atoms with van der Waals surface area (Å²) in [5.41, 5.74) is -1.66. The number of nitrogens with zero attached hydrogens (tertiary/aromatic N) is 1. The van der Waals surface area contributed by atoms with Crippen LogP contribution in [-0.2, 0) is 23.8 Å². The fraction of sp³-hybridized carbons (Fsp3) is 0.842. The molecule has 0 spiro atoms. The van der Waals surface area contributed by atoms with Gasteiger partial charge in [0.05, 0.1) is 0 Å². The SMILES string of the molecule is CC(C)N(C(=S)O[C@@H](C(=O)OC(C)(C)C)[C@@H](O)C(=O)OC(C)(C)C)C(C)C. The molecule has 0 fully saturated rings. The van der Waals surface area contributed by atoms with Crippen molar-refractivity contribution in [2.75, 3.05) is 0 Å². The van der Waals surface area contributed by atoms with Crippen molar-refractivity contribution < 1.29 is 28.9 Å².